The maximum Gasteiger partial charge on any atom is 0.262 e. The Kier molecular flexibility index (Phi) is 11.7. The van der Waals surface area contributed by atoms with Crippen LogP contribution in [0.5, 0.6) is 0 Å². The van der Waals surface area contributed by atoms with E-state index in [1.165, 1.54) is 0 Å². The highest BCUT2D eigenvalue weighted by Crippen LogP contribution is 2.33. The minimum atomic E-state index is -0.965. The molecule has 63 heavy (non-hydrogen) atoms. The normalized spacial score (nSPS) is 28.7. The molecule has 0 aromatic heterocycles. The fraction of sp³-hybridized carbons (Fsp3) is 0.587. The molecular formula is C46H58N10O7. The van der Waals surface area contributed by atoms with E-state index in [1.807, 2.05) is 18.2 Å². The van der Waals surface area contributed by atoms with Gasteiger partial charge in [0.05, 0.1) is 11.1 Å². The molecule has 0 radical (unpaired) electrons. The van der Waals surface area contributed by atoms with Crippen LogP contribution in [0.25, 0.3) is 0 Å². The van der Waals surface area contributed by atoms with Crippen molar-refractivity contribution >= 4 is 41.4 Å². The van der Waals surface area contributed by atoms with Crippen LogP contribution in [0.2, 0.25) is 0 Å². The van der Waals surface area contributed by atoms with Crippen molar-refractivity contribution in [2.45, 2.75) is 107 Å². The summed E-state index contributed by atoms with van der Waals surface area (Å²) in [7, 11) is 0. The van der Waals surface area contributed by atoms with Gasteiger partial charge in [-0.1, -0.05) is 18.2 Å². The number of nitrogens with one attached hydrogen (secondary N) is 4. The summed E-state index contributed by atoms with van der Waals surface area (Å²) in [4.78, 5) is 101. The van der Waals surface area contributed by atoms with Crippen LogP contribution in [0.1, 0.15) is 99.1 Å². The lowest BCUT2D eigenvalue weighted by Crippen LogP contribution is -2.67. The fourth-order valence-electron chi connectivity index (χ4n) is 11.6. The molecule has 0 bridgehead atoms. The summed E-state index contributed by atoms with van der Waals surface area (Å²) in [5.74, 6) is -2.71. The zero-order chi connectivity index (χ0) is 43.4. The molecule has 17 heteroatoms. The second-order valence-electron chi connectivity index (χ2n) is 18.8. The number of likely N-dealkylation sites (tertiary alicyclic amines) is 2. The lowest BCUT2D eigenvalue weighted by molar-refractivity contribution is -0.138. The zero-order valence-corrected chi connectivity index (χ0v) is 35.8. The van der Waals surface area contributed by atoms with Crippen LogP contribution < -0.4 is 21.3 Å². The van der Waals surface area contributed by atoms with Gasteiger partial charge in [-0.05, 0) is 99.6 Å². The summed E-state index contributed by atoms with van der Waals surface area (Å²) in [6.07, 6.45) is 5.21. The molecule has 0 saturated carbocycles. The highest BCUT2D eigenvalue weighted by molar-refractivity contribution is 6.23. The molecule has 0 aliphatic carbocycles. The lowest BCUT2D eigenvalue weighted by atomic mass is 9.95. The predicted octanol–water partition coefficient (Wildman–Crippen LogP) is 0.0254. The number of nitrogens with zero attached hydrogens (tertiary/aromatic N) is 6. The van der Waals surface area contributed by atoms with Gasteiger partial charge >= 0.3 is 0 Å². The van der Waals surface area contributed by atoms with Crippen molar-refractivity contribution in [1.82, 2.24) is 50.7 Å². The van der Waals surface area contributed by atoms with Crippen LogP contribution in [-0.4, -0.2) is 172 Å². The third-order valence-electron chi connectivity index (χ3n) is 15.1. The van der Waals surface area contributed by atoms with Gasteiger partial charge in [-0.3, -0.25) is 68.7 Å². The quantitative estimate of drug-likeness (QED) is 0.248. The zero-order valence-electron chi connectivity index (χ0n) is 35.8. The Bertz CT molecular complexity index is 2200. The van der Waals surface area contributed by atoms with E-state index in [4.69, 9.17) is 0 Å². The molecular weight excluding hydrogens is 805 g/mol. The van der Waals surface area contributed by atoms with Crippen LogP contribution in [0.4, 0.5) is 0 Å². The van der Waals surface area contributed by atoms with E-state index in [0.29, 0.717) is 60.4 Å². The van der Waals surface area contributed by atoms with Crippen LogP contribution in [-0.2, 0) is 38.8 Å². The topological polar surface area (TPSA) is 187 Å². The summed E-state index contributed by atoms with van der Waals surface area (Å²) in [5, 5.41) is 12.4. The van der Waals surface area contributed by atoms with Crippen molar-refractivity contribution in [3.8, 4) is 0 Å². The number of amides is 7. The van der Waals surface area contributed by atoms with Crippen molar-refractivity contribution < 1.29 is 33.6 Å². The Morgan fingerprint density at radius 1 is 0.556 bits per heavy atom. The smallest absolute Gasteiger partial charge is 0.262 e. The molecule has 4 unspecified atom stereocenters. The molecule has 4 N–H and O–H groups in total. The number of hydrogen-bond acceptors (Lipinski definition) is 13. The number of hydrogen-bond donors (Lipinski definition) is 4. The summed E-state index contributed by atoms with van der Waals surface area (Å²) in [5.41, 5.74) is 4.44. The van der Waals surface area contributed by atoms with Gasteiger partial charge in [0.2, 0.25) is 23.6 Å². The first kappa shape index (κ1) is 42.1. The number of piperazine rings is 2. The number of benzene rings is 2. The first-order valence-electron chi connectivity index (χ1n) is 23.1. The minimum absolute atomic E-state index is 0.0980. The van der Waals surface area contributed by atoms with Crippen molar-refractivity contribution in [1.29, 1.82) is 0 Å². The molecule has 8 aliphatic rings. The van der Waals surface area contributed by atoms with Gasteiger partial charge in [0, 0.05) is 101 Å². The van der Waals surface area contributed by atoms with Crippen molar-refractivity contribution in [2.75, 3.05) is 65.4 Å². The van der Waals surface area contributed by atoms with Gasteiger partial charge in [-0.15, -0.1) is 0 Å². The Hall–Kier alpha value is -4.91. The molecule has 8 heterocycles. The highest BCUT2D eigenvalue weighted by Gasteiger charge is 2.45. The number of rotatable bonds is 9. The monoisotopic (exact) mass is 862 g/mol. The first-order chi connectivity index (χ1) is 30.6. The van der Waals surface area contributed by atoms with E-state index in [2.05, 4.69) is 46.9 Å². The molecule has 0 spiro atoms. The van der Waals surface area contributed by atoms with Gasteiger partial charge < -0.3 is 15.5 Å². The Balaban J connectivity index is 0.681. The third kappa shape index (κ3) is 8.35. The predicted molar refractivity (Wildman–Crippen MR) is 229 cm³/mol. The molecule has 10 rings (SSSR count). The second kappa shape index (κ2) is 17.6. The third-order valence-corrected chi connectivity index (χ3v) is 15.1. The van der Waals surface area contributed by atoms with Crippen LogP contribution >= 0.6 is 0 Å². The molecule has 2 aromatic rings. The number of fused-ring (bicyclic) bond motifs is 2. The number of carbonyl (C=O) groups is 7. The molecule has 2 aromatic carbocycles. The molecule has 334 valence electrons. The molecule has 17 nitrogen and oxygen atoms in total. The van der Waals surface area contributed by atoms with E-state index in [9.17, 15) is 33.6 Å². The summed E-state index contributed by atoms with van der Waals surface area (Å²) in [6, 6.07) is 11.6. The average Bonchev–Trinajstić information content (AvgIpc) is 3.75. The van der Waals surface area contributed by atoms with Crippen LogP contribution in [0, 0.1) is 0 Å². The van der Waals surface area contributed by atoms with Crippen molar-refractivity contribution in [3.63, 3.8) is 0 Å². The van der Waals surface area contributed by atoms with E-state index in [0.717, 1.165) is 119 Å². The van der Waals surface area contributed by atoms with Gasteiger partial charge in [0.15, 0.2) is 0 Å². The van der Waals surface area contributed by atoms with E-state index < -0.39 is 29.8 Å². The van der Waals surface area contributed by atoms with E-state index >= 15 is 0 Å². The second-order valence-corrected chi connectivity index (χ2v) is 18.8. The van der Waals surface area contributed by atoms with Gasteiger partial charge in [0.25, 0.3) is 17.7 Å². The van der Waals surface area contributed by atoms with Gasteiger partial charge in [-0.25, -0.2) is 0 Å². The Morgan fingerprint density at radius 2 is 1.13 bits per heavy atom. The van der Waals surface area contributed by atoms with E-state index in [-0.39, 0.29) is 42.9 Å². The van der Waals surface area contributed by atoms with Crippen LogP contribution in [0.15, 0.2) is 36.4 Å². The maximum absolute atomic E-state index is 13.4. The lowest BCUT2D eigenvalue weighted by Gasteiger charge is -2.48. The molecule has 6 saturated heterocycles. The molecule has 7 amide bonds. The van der Waals surface area contributed by atoms with Crippen molar-refractivity contribution in [2.24, 2.45) is 0 Å². The maximum atomic E-state index is 13.4. The fourth-order valence-corrected chi connectivity index (χ4v) is 11.6. The Labute approximate surface area is 367 Å². The number of imide groups is 3. The van der Waals surface area contributed by atoms with Crippen molar-refractivity contribution in [3.05, 3.63) is 69.8 Å². The first-order valence-corrected chi connectivity index (χ1v) is 23.1. The summed E-state index contributed by atoms with van der Waals surface area (Å²) >= 11 is 0. The summed E-state index contributed by atoms with van der Waals surface area (Å²) < 4.78 is 0. The Morgan fingerprint density at radius 3 is 1.73 bits per heavy atom. The standard InChI is InChI=1S/C46H58N10O7/c57-40-8-6-38(42(59)49-40)55-25-35-29(2-1-3-32(35)44(55)61)24-52-18-12-31(13-19-52)54-21-15-48-37(27-54)36-26-53(20-14-47-36)30-10-16-51(17-11-30)23-28-4-5-33-34(22-28)46(63)56(45(33)62)39-7-9-41(58)50-43(39)60/h1-5,22,30-31,36-39,47-48H,6-21,23-27H2,(H,49,57,59)(H,50,58,60). The van der Waals surface area contributed by atoms with E-state index in [1.54, 1.807) is 17.0 Å². The molecule has 4 atom stereocenters. The summed E-state index contributed by atoms with van der Waals surface area (Å²) in [6.45, 7) is 11.8. The molecule has 6 fully saturated rings. The largest absolute Gasteiger partial charge is 0.322 e. The number of piperidine rings is 4. The van der Waals surface area contributed by atoms with Crippen LogP contribution in [0.3, 0.4) is 0 Å². The number of carbonyl (C=O) groups excluding carboxylic acids is 7. The minimum Gasteiger partial charge on any atom is -0.322 e. The highest BCUT2D eigenvalue weighted by atomic mass is 16.2. The van der Waals surface area contributed by atoms with Gasteiger partial charge in [0.1, 0.15) is 12.1 Å². The molecule has 8 aliphatic heterocycles. The SMILES string of the molecule is O=C1CCC(N2Cc3c(CN4CCC(N5CCNC(C6CN(C7CCN(Cc8ccc9c(c8)C(=O)N(C8CCC(=O)NC8=O)C9=O)CC7)CCN6)C5)CC4)cccc3C2=O)C(=O)N1. The van der Waals surface area contributed by atoms with Gasteiger partial charge in [-0.2, -0.15) is 0 Å². The average molecular weight is 863 g/mol.